The summed E-state index contributed by atoms with van der Waals surface area (Å²) >= 11 is 0. The van der Waals surface area contributed by atoms with Crippen molar-refractivity contribution in [3.05, 3.63) is 35.4 Å². The minimum Gasteiger partial charge on any atom is -0.352 e. The molecule has 0 bridgehead atoms. The largest absolute Gasteiger partial charge is 0.416 e. The molecule has 0 atom stereocenters. The molecule has 0 unspecified atom stereocenters. The first kappa shape index (κ1) is 13.5. The Labute approximate surface area is 97.8 Å². The Morgan fingerprint density at radius 2 is 1.76 bits per heavy atom. The lowest BCUT2D eigenvalue weighted by Gasteiger charge is -2.09. The molecule has 0 aliphatic heterocycles. The first-order valence-electron chi connectivity index (χ1n) is 5.24. The Morgan fingerprint density at radius 3 is 2.18 bits per heavy atom. The van der Waals surface area contributed by atoms with Gasteiger partial charge in [-0.1, -0.05) is 26.0 Å². The second-order valence-electron chi connectivity index (χ2n) is 4.07. The van der Waals surface area contributed by atoms with Gasteiger partial charge in [-0.2, -0.15) is 13.2 Å². The molecule has 0 saturated heterocycles. The number of rotatable bonds is 3. The van der Waals surface area contributed by atoms with Crippen molar-refractivity contribution in [1.82, 2.24) is 5.32 Å². The molecular weight excluding hydrogens is 231 g/mol. The summed E-state index contributed by atoms with van der Waals surface area (Å²) in [7, 11) is 0. The number of hydrogen-bond acceptors (Lipinski definition) is 1. The molecule has 0 aliphatic carbocycles. The van der Waals surface area contributed by atoms with Gasteiger partial charge in [0.1, 0.15) is 0 Å². The molecule has 17 heavy (non-hydrogen) atoms. The molecule has 5 heteroatoms. The standard InChI is InChI=1S/C12H14F3NO/c1-8(2)11(17)16-7-9-3-5-10(6-4-9)12(13,14)15/h3-6,8H,7H2,1-2H3,(H,16,17). The van der Waals surface area contributed by atoms with Crippen LogP contribution in [-0.2, 0) is 17.5 Å². The van der Waals surface area contributed by atoms with Crippen molar-refractivity contribution in [2.24, 2.45) is 5.92 Å². The highest BCUT2D eigenvalue weighted by Gasteiger charge is 2.29. The normalized spacial score (nSPS) is 11.6. The van der Waals surface area contributed by atoms with Crippen LogP contribution in [0.15, 0.2) is 24.3 Å². The molecule has 0 heterocycles. The fourth-order valence-corrected chi connectivity index (χ4v) is 1.20. The van der Waals surface area contributed by atoms with Crippen LogP contribution in [-0.4, -0.2) is 5.91 Å². The maximum atomic E-state index is 12.3. The van der Waals surface area contributed by atoms with Gasteiger partial charge in [0, 0.05) is 12.5 Å². The number of carbonyl (C=O) groups excluding carboxylic acids is 1. The molecule has 0 spiro atoms. The Morgan fingerprint density at radius 1 is 1.24 bits per heavy atom. The zero-order valence-electron chi connectivity index (χ0n) is 9.64. The molecule has 1 rings (SSSR count). The highest BCUT2D eigenvalue weighted by molar-refractivity contribution is 5.77. The molecule has 1 N–H and O–H groups in total. The predicted octanol–water partition coefficient (Wildman–Crippen LogP) is 2.98. The molecular formula is C12H14F3NO. The Balaban J connectivity index is 2.61. The van der Waals surface area contributed by atoms with Crippen LogP contribution in [0, 0.1) is 5.92 Å². The highest BCUT2D eigenvalue weighted by Crippen LogP contribution is 2.28. The van der Waals surface area contributed by atoms with Crippen LogP contribution in [0.25, 0.3) is 0 Å². The van der Waals surface area contributed by atoms with Gasteiger partial charge < -0.3 is 5.32 Å². The number of hydrogen-bond donors (Lipinski definition) is 1. The SMILES string of the molecule is CC(C)C(=O)NCc1ccc(C(F)(F)F)cc1. The minimum absolute atomic E-state index is 0.120. The van der Waals surface area contributed by atoms with Gasteiger partial charge in [-0.3, -0.25) is 4.79 Å². The van der Waals surface area contributed by atoms with Crippen LogP contribution in [0.5, 0.6) is 0 Å². The van der Waals surface area contributed by atoms with E-state index in [4.69, 9.17) is 0 Å². The fraction of sp³-hybridized carbons (Fsp3) is 0.417. The Kier molecular flexibility index (Phi) is 4.15. The first-order chi connectivity index (χ1) is 7.80. The number of halogens is 3. The van der Waals surface area contributed by atoms with E-state index < -0.39 is 11.7 Å². The van der Waals surface area contributed by atoms with E-state index in [1.807, 2.05) is 0 Å². The second kappa shape index (κ2) is 5.21. The maximum Gasteiger partial charge on any atom is 0.416 e. The van der Waals surface area contributed by atoms with E-state index in [2.05, 4.69) is 5.32 Å². The van der Waals surface area contributed by atoms with E-state index in [0.717, 1.165) is 12.1 Å². The van der Waals surface area contributed by atoms with Gasteiger partial charge in [0.25, 0.3) is 0 Å². The molecule has 0 radical (unpaired) electrons. The quantitative estimate of drug-likeness (QED) is 0.871. The number of amides is 1. The topological polar surface area (TPSA) is 29.1 Å². The van der Waals surface area contributed by atoms with Crippen LogP contribution in [0.1, 0.15) is 25.0 Å². The Hall–Kier alpha value is -1.52. The van der Waals surface area contributed by atoms with Crippen LogP contribution < -0.4 is 5.32 Å². The van der Waals surface area contributed by atoms with Crippen LogP contribution in [0.4, 0.5) is 13.2 Å². The third-order valence-corrected chi connectivity index (χ3v) is 2.27. The van der Waals surface area contributed by atoms with Crippen molar-refractivity contribution < 1.29 is 18.0 Å². The fourth-order valence-electron chi connectivity index (χ4n) is 1.20. The summed E-state index contributed by atoms with van der Waals surface area (Å²) in [5, 5.41) is 2.64. The number of nitrogens with one attached hydrogen (secondary N) is 1. The molecule has 1 amide bonds. The lowest BCUT2D eigenvalue weighted by Crippen LogP contribution is -2.27. The third-order valence-electron chi connectivity index (χ3n) is 2.27. The smallest absolute Gasteiger partial charge is 0.352 e. The van der Waals surface area contributed by atoms with Crippen molar-refractivity contribution in [2.75, 3.05) is 0 Å². The van der Waals surface area contributed by atoms with Gasteiger partial charge in [-0.25, -0.2) is 0 Å². The van der Waals surface area contributed by atoms with Gasteiger partial charge in [0.2, 0.25) is 5.91 Å². The van der Waals surface area contributed by atoms with E-state index in [9.17, 15) is 18.0 Å². The van der Waals surface area contributed by atoms with Gasteiger partial charge >= 0.3 is 6.18 Å². The third kappa shape index (κ3) is 4.09. The van der Waals surface area contributed by atoms with Gasteiger partial charge in [0.05, 0.1) is 5.56 Å². The lowest BCUT2D eigenvalue weighted by atomic mass is 10.1. The molecule has 0 aliphatic rings. The molecule has 0 aromatic heterocycles. The van der Waals surface area contributed by atoms with Gasteiger partial charge in [0.15, 0.2) is 0 Å². The van der Waals surface area contributed by atoms with Crippen LogP contribution >= 0.6 is 0 Å². The van der Waals surface area contributed by atoms with E-state index in [1.54, 1.807) is 13.8 Å². The van der Waals surface area contributed by atoms with E-state index >= 15 is 0 Å². The average molecular weight is 245 g/mol. The monoisotopic (exact) mass is 245 g/mol. The molecule has 2 nitrogen and oxygen atoms in total. The molecule has 1 aromatic carbocycles. The average Bonchev–Trinajstić information content (AvgIpc) is 2.25. The molecule has 0 saturated carbocycles. The summed E-state index contributed by atoms with van der Waals surface area (Å²) in [5.74, 6) is -0.255. The first-order valence-corrected chi connectivity index (χ1v) is 5.24. The van der Waals surface area contributed by atoms with Crippen LogP contribution in [0.2, 0.25) is 0 Å². The summed E-state index contributed by atoms with van der Waals surface area (Å²) in [6.07, 6.45) is -4.32. The zero-order chi connectivity index (χ0) is 13.1. The lowest BCUT2D eigenvalue weighted by molar-refractivity contribution is -0.137. The number of alkyl halides is 3. The van der Waals surface area contributed by atoms with Gasteiger partial charge in [-0.05, 0) is 17.7 Å². The van der Waals surface area contributed by atoms with Crippen molar-refractivity contribution >= 4 is 5.91 Å². The molecule has 1 aromatic rings. The summed E-state index contributed by atoms with van der Waals surface area (Å²) in [4.78, 5) is 11.3. The molecule has 94 valence electrons. The molecule has 0 fully saturated rings. The van der Waals surface area contributed by atoms with Crippen molar-refractivity contribution in [3.8, 4) is 0 Å². The summed E-state index contributed by atoms with van der Waals surface area (Å²) in [6.45, 7) is 3.75. The minimum atomic E-state index is -4.32. The van der Waals surface area contributed by atoms with E-state index in [1.165, 1.54) is 12.1 Å². The second-order valence-corrected chi connectivity index (χ2v) is 4.07. The summed E-state index contributed by atoms with van der Waals surface area (Å²) in [6, 6.07) is 4.75. The van der Waals surface area contributed by atoms with Crippen molar-refractivity contribution in [1.29, 1.82) is 0 Å². The highest BCUT2D eigenvalue weighted by atomic mass is 19.4. The van der Waals surface area contributed by atoms with E-state index in [0.29, 0.717) is 5.56 Å². The summed E-state index contributed by atoms with van der Waals surface area (Å²) in [5.41, 5.74) is -0.0385. The number of benzene rings is 1. The Bertz CT molecular complexity index is 382. The van der Waals surface area contributed by atoms with E-state index in [-0.39, 0.29) is 18.4 Å². The van der Waals surface area contributed by atoms with Crippen molar-refractivity contribution in [2.45, 2.75) is 26.6 Å². The predicted molar refractivity (Wildman–Crippen MR) is 58.1 cm³/mol. The van der Waals surface area contributed by atoms with Gasteiger partial charge in [-0.15, -0.1) is 0 Å². The summed E-state index contributed by atoms with van der Waals surface area (Å²) < 4.78 is 36.8. The maximum absolute atomic E-state index is 12.3. The number of carbonyl (C=O) groups is 1. The zero-order valence-corrected chi connectivity index (χ0v) is 9.64. The van der Waals surface area contributed by atoms with Crippen LogP contribution in [0.3, 0.4) is 0 Å². The van der Waals surface area contributed by atoms with Crippen molar-refractivity contribution in [3.63, 3.8) is 0 Å².